The summed E-state index contributed by atoms with van der Waals surface area (Å²) in [4.78, 5) is 8.96. The molecule has 1 unspecified atom stereocenters. The normalized spacial score (nSPS) is 17.4. The maximum atomic E-state index is 5.78. The molecule has 0 aliphatic carbocycles. The van der Waals surface area contributed by atoms with E-state index in [1.54, 1.807) is 12.5 Å². The van der Waals surface area contributed by atoms with Gasteiger partial charge in [0.15, 0.2) is 5.96 Å². The molecule has 2 aromatic heterocycles. The number of furan rings is 1. The maximum absolute atomic E-state index is 5.78. The topological polar surface area (TPSA) is 71.7 Å². The molecule has 0 aromatic carbocycles. The zero-order valence-electron chi connectivity index (χ0n) is 14.9. The van der Waals surface area contributed by atoms with Gasteiger partial charge < -0.3 is 19.8 Å². The zero-order valence-corrected chi connectivity index (χ0v) is 17.2. The van der Waals surface area contributed by atoms with Gasteiger partial charge in [-0.05, 0) is 43.5 Å². The first-order valence-electron chi connectivity index (χ1n) is 8.96. The number of guanidine groups is 1. The lowest BCUT2D eigenvalue weighted by Crippen LogP contribution is -2.43. The predicted molar refractivity (Wildman–Crippen MR) is 113 cm³/mol. The largest absolute Gasteiger partial charge is 0.469 e. The van der Waals surface area contributed by atoms with Crippen molar-refractivity contribution < 1.29 is 9.15 Å². The van der Waals surface area contributed by atoms with Gasteiger partial charge in [0, 0.05) is 32.3 Å². The lowest BCUT2D eigenvalue weighted by Gasteiger charge is -2.23. The summed E-state index contributed by atoms with van der Waals surface area (Å²) in [5, 5.41) is 6.76. The lowest BCUT2D eigenvalue weighted by atomic mass is 10.1. The van der Waals surface area contributed by atoms with E-state index in [1.165, 1.54) is 12.8 Å². The molecule has 1 fully saturated rings. The molecule has 0 spiro atoms. The quantitative estimate of drug-likeness (QED) is 0.370. The van der Waals surface area contributed by atoms with Crippen LogP contribution in [-0.4, -0.2) is 36.7 Å². The summed E-state index contributed by atoms with van der Waals surface area (Å²) in [6, 6.07) is 9.76. The molecule has 1 aliphatic rings. The van der Waals surface area contributed by atoms with Crippen LogP contribution in [0.25, 0.3) is 0 Å². The zero-order chi connectivity index (χ0) is 17.2. The highest BCUT2D eigenvalue weighted by molar-refractivity contribution is 14.0. The van der Waals surface area contributed by atoms with Crippen molar-refractivity contribution in [3.8, 4) is 0 Å². The number of aromatic nitrogens is 1. The van der Waals surface area contributed by atoms with Crippen molar-refractivity contribution >= 4 is 29.9 Å². The van der Waals surface area contributed by atoms with Crippen LogP contribution in [0, 0.1) is 0 Å². The van der Waals surface area contributed by atoms with E-state index in [0.717, 1.165) is 50.0 Å². The molecular formula is C19H27IN4O2. The third-order valence-corrected chi connectivity index (χ3v) is 4.14. The first kappa shape index (κ1) is 20.7. The van der Waals surface area contributed by atoms with Gasteiger partial charge in [0.1, 0.15) is 5.76 Å². The Hall–Kier alpha value is -1.61. The monoisotopic (exact) mass is 470 g/mol. The SMILES string of the molecule is I.c1ccc(CN=C(NCCc2ccco2)NCC2CCCCO2)nc1. The van der Waals surface area contributed by atoms with E-state index < -0.39 is 0 Å². The van der Waals surface area contributed by atoms with Gasteiger partial charge in [0.2, 0.25) is 0 Å². The molecular weight excluding hydrogens is 443 g/mol. The van der Waals surface area contributed by atoms with Crippen LogP contribution in [0.1, 0.15) is 30.7 Å². The minimum Gasteiger partial charge on any atom is -0.469 e. The summed E-state index contributed by atoms with van der Waals surface area (Å²) in [5.41, 5.74) is 0.948. The van der Waals surface area contributed by atoms with Crippen molar-refractivity contribution in [1.82, 2.24) is 15.6 Å². The third kappa shape index (κ3) is 7.33. The second-order valence-corrected chi connectivity index (χ2v) is 6.11. The average Bonchev–Trinajstić information content (AvgIpc) is 3.19. The van der Waals surface area contributed by atoms with Gasteiger partial charge in [-0.1, -0.05) is 6.07 Å². The van der Waals surface area contributed by atoms with E-state index in [2.05, 4.69) is 20.6 Å². The minimum absolute atomic E-state index is 0. The number of hydrogen-bond donors (Lipinski definition) is 2. The molecule has 0 radical (unpaired) electrons. The highest BCUT2D eigenvalue weighted by atomic mass is 127. The Balaban J connectivity index is 0.00000243. The second-order valence-electron chi connectivity index (χ2n) is 6.11. The Morgan fingerprint density at radius 2 is 2.15 bits per heavy atom. The molecule has 2 aromatic rings. The summed E-state index contributed by atoms with van der Waals surface area (Å²) in [7, 11) is 0. The number of nitrogens with one attached hydrogen (secondary N) is 2. The summed E-state index contributed by atoms with van der Waals surface area (Å²) in [5.74, 6) is 1.75. The number of rotatable bonds is 7. The van der Waals surface area contributed by atoms with Crippen LogP contribution in [0.2, 0.25) is 0 Å². The average molecular weight is 470 g/mol. The molecule has 0 saturated carbocycles. The van der Waals surface area contributed by atoms with Crippen molar-refractivity contribution in [2.45, 2.75) is 38.3 Å². The van der Waals surface area contributed by atoms with Crippen molar-refractivity contribution in [3.05, 3.63) is 54.2 Å². The molecule has 2 N–H and O–H groups in total. The van der Waals surface area contributed by atoms with Crippen LogP contribution in [0.15, 0.2) is 52.2 Å². The third-order valence-electron chi connectivity index (χ3n) is 4.14. The Bertz CT molecular complexity index is 628. The molecule has 1 aliphatic heterocycles. The Kier molecular flexibility index (Phi) is 9.47. The molecule has 7 heteroatoms. The summed E-state index contributed by atoms with van der Waals surface area (Å²) in [6.45, 7) is 2.93. The van der Waals surface area contributed by atoms with E-state index in [-0.39, 0.29) is 30.1 Å². The number of ether oxygens (including phenoxy) is 1. The molecule has 1 atom stereocenters. The molecule has 142 valence electrons. The number of halogens is 1. The van der Waals surface area contributed by atoms with Crippen molar-refractivity contribution in [3.63, 3.8) is 0 Å². The first-order valence-corrected chi connectivity index (χ1v) is 8.96. The molecule has 3 heterocycles. The standard InChI is InChI=1S/C19H26N4O2.HI/c1-3-10-20-16(6-1)14-22-19(21-11-9-17-8-5-13-24-17)23-15-18-7-2-4-12-25-18;/h1,3,5-6,8,10,13,18H,2,4,7,9,11-12,14-15H2,(H2,21,22,23);1H. The van der Waals surface area contributed by atoms with Crippen LogP contribution in [-0.2, 0) is 17.7 Å². The van der Waals surface area contributed by atoms with Crippen LogP contribution in [0.3, 0.4) is 0 Å². The Labute approximate surface area is 171 Å². The van der Waals surface area contributed by atoms with Crippen LogP contribution >= 0.6 is 24.0 Å². The predicted octanol–water partition coefficient (Wildman–Crippen LogP) is 3.14. The van der Waals surface area contributed by atoms with Gasteiger partial charge >= 0.3 is 0 Å². The van der Waals surface area contributed by atoms with E-state index in [1.807, 2.05) is 30.3 Å². The van der Waals surface area contributed by atoms with Crippen LogP contribution in [0.5, 0.6) is 0 Å². The highest BCUT2D eigenvalue weighted by Crippen LogP contribution is 2.11. The van der Waals surface area contributed by atoms with Crippen molar-refractivity contribution in [2.24, 2.45) is 4.99 Å². The number of pyridine rings is 1. The molecule has 0 bridgehead atoms. The minimum atomic E-state index is 0. The van der Waals surface area contributed by atoms with Gasteiger partial charge in [0.05, 0.1) is 24.6 Å². The molecule has 26 heavy (non-hydrogen) atoms. The Morgan fingerprint density at radius 1 is 1.19 bits per heavy atom. The van der Waals surface area contributed by atoms with Gasteiger partial charge in [-0.2, -0.15) is 0 Å². The molecule has 1 saturated heterocycles. The van der Waals surface area contributed by atoms with Crippen LogP contribution in [0.4, 0.5) is 0 Å². The summed E-state index contributed by atoms with van der Waals surface area (Å²) in [6.07, 6.45) is 8.07. The van der Waals surface area contributed by atoms with Gasteiger partial charge in [-0.3, -0.25) is 4.98 Å². The summed E-state index contributed by atoms with van der Waals surface area (Å²) >= 11 is 0. The molecule has 0 amide bonds. The number of aliphatic imine (C=N–C) groups is 1. The summed E-state index contributed by atoms with van der Waals surface area (Å²) < 4.78 is 11.2. The molecule has 3 rings (SSSR count). The first-order chi connectivity index (χ1) is 12.4. The fraction of sp³-hybridized carbons (Fsp3) is 0.474. The molecule has 6 nitrogen and oxygen atoms in total. The smallest absolute Gasteiger partial charge is 0.191 e. The van der Waals surface area contributed by atoms with Gasteiger partial charge in [-0.15, -0.1) is 24.0 Å². The van der Waals surface area contributed by atoms with Crippen molar-refractivity contribution in [1.29, 1.82) is 0 Å². The van der Waals surface area contributed by atoms with E-state index in [4.69, 9.17) is 9.15 Å². The van der Waals surface area contributed by atoms with Crippen LogP contribution < -0.4 is 10.6 Å². The van der Waals surface area contributed by atoms with E-state index in [0.29, 0.717) is 6.54 Å². The van der Waals surface area contributed by atoms with Crippen molar-refractivity contribution in [2.75, 3.05) is 19.7 Å². The number of hydrogen-bond acceptors (Lipinski definition) is 4. The fourth-order valence-corrected chi connectivity index (χ4v) is 2.76. The Morgan fingerprint density at radius 3 is 2.88 bits per heavy atom. The lowest BCUT2D eigenvalue weighted by molar-refractivity contribution is 0.0194. The maximum Gasteiger partial charge on any atom is 0.191 e. The van der Waals surface area contributed by atoms with Gasteiger partial charge in [-0.25, -0.2) is 4.99 Å². The fourth-order valence-electron chi connectivity index (χ4n) is 2.76. The van der Waals surface area contributed by atoms with E-state index >= 15 is 0 Å². The van der Waals surface area contributed by atoms with Gasteiger partial charge in [0.25, 0.3) is 0 Å². The van der Waals surface area contributed by atoms with E-state index in [9.17, 15) is 0 Å². The number of nitrogens with zero attached hydrogens (tertiary/aromatic N) is 2. The highest BCUT2D eigenvalue weighted by Gasteiger charge is 2.14. The second kappa shape index (κ2) is 11.9.